The molecule has 4 aromatic heterocycles. The summed E-state index contributed by atoms with van der Waals surface area (Å²) in [6, 6.07) is 20.2. The van der Waals surface area contributed by atoms with Crippen LogP contribution in [0.2, 0.25) is 0 Å². The van der Waals surface area contributed by atoms with Gasteiger partial charge in [-0.3, -0.25) is 24.3 Å². The lowest BCUT2D eigenvalue weighted by Gasteiger charge is -2.34. The minimum absolute atomic E-state index is 0.0270. The van der Waals surface area contributed by atoms with Gasteiger partial charge in [-0.25, -0.2) is 9.97 Å². The largest absolute Gasteiger partial charge is 0.494 e. The Balaban J connectivity index is 0.683. The van der Waals surface area contributed by atoms with E-state index in [0.29, 0.717) is 49.1 Å². The van der Waals surface area contributed by atoms with Gasteiger partial charge in [-0.05, 0) is 73.7 Å². The average Bonchev–Trinajstić information content (AvgIpc) is 3.65. The Kier molecular flexibility index (Phi) is 9.79. The van der Waals surface area contributed by atoms with Crippen molar-refractivity contribution in [3.63, 3.8) is 0 Å². The molecule has 1 saturated heterocycles. The number of hydrogen-bond acceptors (Lipinski definition) is 9. The summed E-state index contributed by atoms with van der Waals surface area (Å²) >= 11 is 0. The van der Waals surface area contributed by atoms with Crippen molar-refractivity contribution in [1.29, 1.82) is 0 Å². The van der Waals surface area contributed by atoms with E-state index in [0.717, 1.165) is 63.7 Å². The van der Waals surface area contributed by atoms with Gasteiger partial charge in [0.25, 0.3) is 11.8 Å². The van der Waals surface area contributed by atoms with Gasteiger partial charge in [0.05, 0.1) is 23.3 Å². The van der Waals surface area contributed by atoms with Crippen LogP contribution in [0.4, 0.5) is 0 Å². The highest BCUT2D eigenvalue weighted by molar-refractivity contribution is 6.23. The first-order valence-corrected chi connectivity index (χ1v) is 19.5. The zero-order valence-corrected chi connectivity index (χ0v) is 31.9. The number of nitrogens with one attached hydrogen (secondary N) is 1. The van der Waals surface area contributed by atoms with Crippen LogP contribution in [0.5, 0.6) is 17.5 Å². The van der Waals surface area contributed by atoms with Crippen LogP contribution in [0, 0.1) is 11.8 Å². The van der Waals surface area contributed by atoms with Crippen molar-refractivity contribution in [2.24, 2.45) is 7.05 Å². The number of rotatable bonds is 11. The van der Waals surface area contributed by atoms with E-state index in [1.54, 1.807) is 24.4 Å². The first kappa shape index (κ1) is 36.6. The minimum Gasteiger partial charge on any atom is -0.494 e. The number of carbonyl (C=O) groups is 3. The number of allylic oxidation sites excluding steroid dienone is 1. The van der Waals surface area contributed by atoms with E-state index in [2.05, 4.69) is 68.5 Å². The summed E-state index contributed by atoms with van der Waals surface area (Å²) in [4.78, 5) is 52.9. The number of pyridine rings is 3. The summed E-state index contributed by atoms with van der Waals surface area (Å²) in [6.45, 7) is 4.20. The van der Waals surface area contributed by atoms with Crippen LogP contribution in [0.25, 0.3) is 32.9 Å². The topological polar surface area (TPSA) is 138 Å². The molecule has 3 amide bonds. The maximum atomic E-state index is 13.1. The quantitative estimate of drug-likeness (QED) is 0.0826. The number of hydrogen-bond donors (Lipinski definition) is 1. The Morgan fingerprint density at radius 3 is 2.34 bits per heavy atom. The molecule has 0 radical (unpaired) electrons. The van der Waals surface area contributed by atoms with E-state index in [1.807, 2.05) is 48.9 Å². The molecular formula is C46H40N6O6. The number of ether oxygens (including phenoxy) is 3. The van der Waals surface area contributed by atoms with Crippen molar-refractivity contribution in [3.8, 4) is 40.5 Å². The van der Waals surface area contributed by atoms with E-state index in [-0.39, 0.29) is 29.2 Å². The van der Waals surface area contributed by atoms with Crippen LogP contribution in [-0.4, -0.2) is 67.0 Å². The molecule has 0 spiro atoms. The van der Waals surface area contributed by atoms with Gasteiger partial charge in [-0.15, -0.1) is 0 Å². The molecule has 0 bridgehead atoms. The third-order valence-corrected chi connectivity index (χ3v) is 11.0. The van der Waals surface area contributed by atoms with E-state index in [4.69, 9.17) is 14.2 Å². The summed E-state index contributed by atoms with van der Waals surface area (Å²) < 4.78 is 20.3. The van der Waals surface area contributed by atoms with Gasteiger partial charge < -0.3 is 24.1 Å². The van der Waals surface area contributed by atoms with Crippen LogP contribution >= 0.6 is 0 Å². The van der Waals surface area contributed by atoms with Crippen molar-refractivity contribution in [1.82, 2.24) is 29.7 Å². The van der Waals surface area contributed by atoms with Gasteiger partial charge >= 0.3 is 0 Å². The fourth-order valence-electron chi connectivity index (χ4n) is 7.72. The molecule has 6 aromatic rings. The predicted molar refractivity (Wildman–Crippen MR) is 217 cm³/mol. The molecule has 1 atom stereocenters. The molecule has 2 fully saturated rings. The molecular weight excluding hydrogens is 733 g/mol. The molecule has 2 aromatic carbocycles. The molecule has 290 valence electrons. The van der Waals surface area contributed by atoms with Crippen LogP contribution < -0.4 is 19.5 Å². The Labute approximate surface area is 334 Å². The van der Waals surface area contributed by atoms with Crippen molar-refractivity contribution in [2.75, 3.05) is 6.61 Å². The molecule has 1 N–H and O–H groups in total. The molecule has 2 aliphatic heterocycles. The molecule has 12 heteroatoms. The maximum Gasteiger partial charge on any atom is 0.262 e. The summed E-state index contributed by atoms with van der Waals surface area (Å²) in [5.41, 5.74) is 6.36. The normalized spacial score (nSPS) is 18.7. The van der Waals surface area contributed by atoms with Gasteiger partial charge in [0.1, 0.15) is 24.0 Å². The Morgan fingerprint density at radius 1 is 0.810 bits per heavy atom. The fraction of sp³-hybridized carbons (Fsp3) is 0.261. The number of benzene rings is 2. The summed E-state index contributed by atoms with van der Waals surface area (Å²) in [5, 5.41) is 4.97. The summed E-state index contributed by atoms with van der Waals surface area (Å²) in [5.74, 6) is 6.67. The second kappa shape index (κ2) is 15.5. The highest BCUT2D eigenvalue weighted by Gasteiger charge is 2.44. The van der Waals surface area contributed by atoms with Gasteiger partial charge in [0, 0.05) is 96.3 Å². The van der Waals surface area contributed by atoms with E-state index in [9.17, 15) is 14.4 Å². The lowest BCUT2D eigenvalue weighted by atomic mass is 9.92. The van der Waals surface area contributed by atoms with Gasteiger partial charge in [0.15, 0.2) is 0 Å². The smallest absolute Gasteiger partial charge is 0.262 e. The predicted octanol–water partition coefficient (Wildman–Crippen LogP) is 7.16. The van der Waals surface area contributed by atoms with Crippen LogP contribution in [0.3, 0.4) is 0 Å². The van der Waals surface area contributed by atoms with Gasteiger partial charge in [0.2, 0.25) is 17.7 Å². The number of piperidine rings is 1. The highest BCUT2D eigenvalue weighted by atomic mass is 16.5. The molecule has 1 aliphatic carbocycles. The average molecular weight is 773 g/mol. The second-order valence-electron chi connectivity index (χ2n) is 14.8. The molecule has 1 unspecified atom stereocenters. The van der Waals surface area contributed by atoms with Crippen molar-refractivity contribution >= 4 is 39.5 Å². The van der Waals surface area contributed by atoms with Crippen LogP contribution in [-0.2, 0) is 11.8 Å². The number of carbonyl (C=O) groups excluding carboxylic acids is 3. The lowest BCUT2D eigenvalue weighted by Crippen LogP contribution is -2.51. The standard InChI is InChI=1S/C46H40N6O6/c1-28-8-15-40(44(53)50-28)52-45(54)36-14-12-32(24-37(36)46(52)55)56-20-6-4-3-5-7-29-9-16-42(48-25-29)57-33-22-34(23-33)58-43-17-11-31(26-49-43)30-10-13-35-38-27-47-19-18-39(38)51(2)41(35)21-30/h9-14,16-19,21,24-27,33-34,40H,1,3-4,6,8,15,20,22-23H2,2H3,(H,50,53). The number of unbranched alkanes of at least 4 members (excludes halogenated alkanes) is 2. The van der Waals surface area contributed by atoms with E-state index < -0.39 is 17.9 Å². The molecule has 6 heterocycles. The Hall–Kier alpha value is -7.00. The number of amides is 3. The van der Waals surface area contributed by atoms with Crippen molar-refractivity contribution in [3.05, 3.63) is 120 Å². The Morgan fingerprint density at radius 2 is 1.59 bits per heavy atom. The lowest BCUT2D eigenvalue weighted by molar-refractivity contribution is -0.125. The third kappa shape index (κ3) is 7.23. The summed E-state index contributed by atoms with van der Waals surface area (Å²) in [6.07, 6.45) is 12.0. The van der Waals surface area contributed by atoms with Gasteiger partial charge in [-0.2, -0.15) is 0 Å². The number of aryl methyl sites for hydroxylation is 1. The summed E-state index contributed by atoms with van der Waals surface area (Å²) in [7, 11) is 2.08. The number of aromatic nitrogens is 4. The second-order valence-corrected chi connectivity index (χ2v) is 14.8. The monoisotopic (exact) mass is 772 g/mol. The van der Waals surface area contributed by atoms with Crippen molar-refractivity contribution < 1.29 is 28.6 Å². The first-order valence-electron chi connectivity index (χ1n) is 19.5. The number of nitrogens with zero attached hydrogens (tertiary/aromatic N) is 5. The first-order chi connectivity index (χ1) is 28.3. The van der Waals surface area contributed by atoms with Crippen molar-refractivity contribution in [2.45, 2.75) is 63.2 Å². The van der Waals surface area contributed by atoms with Crippen LogP contribution in [0.1, 0.15) is 71.2 Å². The molecule has 58 heavy (non-hydrogen) atoms. The highest BCUT2D eigenvalue weighted by Crippen LogP contribution is 2.34. The third-order valence-electron chi connectivity index (χ3n) is 11.0. The molecule has 1 saturated carbocycles. The Bertz CT molecular complexity index is 2650. The zero-order valence-electron chi connectivity index (χ0n) is 31.9. The molecule has 9 rings (SSSR count). The van der Waals surface area contributed by atoms with Crippen LogP contribution in [0.15, 0.2) is 104 Å². The molecule has 3 aliphatic rings. The maximum absolute atomic E-state index is 13.1. The van der Waals surface area contributed by atoms with E-state index in [1.165, 1.54) is 5.39 Å². The number of fused-ring (bicyclic) bond motifs is 4. The minimum atomic E-state index is -0.842. The van der Waals surface area contributed by atoms with Gasteiger partial charge in [-0.1, -0.05) is 30.6 Å². The molecule has 12 nitrogen and oxygen atoms in total. The fourth-order valence-corrected chi connectivity index (χ4v) is 7.72. The SMILES string of the molecule is C=C1CCC(N2C(=O)c3ccc(OCCCCC#Cc4ccc(OC5CC(Oc6ccc(-c7ccc8c9cnccc9n(C)c8c7)cn6)C5)nc4)cc3C2=O)C(=O)N1. The van der Waals surface area contributed by atoms with E-state index >= 15 is 0 Å². The number of imide groups is 1. The zero-order chi connectivity index (χ0) is 39.8.